The molecular formula is C33H44N2O2. The Bertz CT molecular complexity index is 1020. The number of ether oxygens (including phenoxy) is 1. The second-order valence-electron chi connectivity index (χ2n) is 10.2. The van der Waals surface area contributed by atoms with Crippen molar-refractivity contribution in [1.29, 1.82) is 0 Å². The molecule has 0 bridgehead atoms. The van der Waals surface area contributed by atoms with Crippen LogP contribution in [0.15, 0.2) is 67.0 Å². The van der Waals surface area contributed by atoms with Crippen molar-refractivity contribution in [3.63, 3.8) is 0 Å². The van der Waals surface area contributed by atoms with Crippen LogP contribution in [0.4, 0.5) is 0 Å². The number of hydrogen-bond donors (Lipinski definition) is 0. The highest BCUT2D eigenvalue weighted by molar-refractivity contribution is 5.89. The van der Waals surface area contributed by atoms with E-state index in [0.29, 0.717) is 5.56 Å². The number of nitrogens with zero attached hydrogens (tertiary/aromatic N) is 2. The van der Waals surface area contributed by atoms with Gasteiger partial charge in [-0.3, -0.25) is 0 Å². The van der Waals surface area contributed by atoms with Crippen LogP contribution in [0.25, 0.3) is 11.4 Å². The molecule has 4 heteroatoms. The highest BCUT2D eigenvalue weighted by Gasteiger charge is 2.11. The lowest BCUT2D eigenvalue weighted by Crippen LogP contribution is -2.15. The second-order valence-corrected chi connectivity index (χ2v) is 10.2. The van der Waals surface area contributed by atoms with Crippen molar-refractivity contribution in [2.24, 2.45) is 0 Å². The van der Waals surface area contributed by atoms with Gasteiger partial charge in [0.25, 0.3) is 0 Å². The van der Waals surface area contributed by atoms with Gasteiger partial charge in [-0.1, -0.05) is 94.3 Å². The number of aromatic nitrogens is 2. The Morgan fingerprint density at radius 3 is 2.00 bits per heavy atom. The topological polar surface area (TPSA) is 52.1 Å². The molecule has 3 rings (SSSR count). The average Bonchev–Trinajstić information content (AvgIpc) is 2.94. The molecule has 37 heavy (non-hydrogen) atoms. The minimum absolute atomic E-state index is 0.0927. The maximum atomic E-state index is 12.1. The van der Waals surface area contributed by atoms with E-state index in [4.69, 9.17) is 4.74 Å². The lowest BCUT2D eigenvalue weighted by Gasteiger charge is -2.13. The van der Waals surface area contributed by atoms with Crippen LogP contribution >= 0.6 is 0 Å². The van der Waals surface area contributed by atoms with Gasteiger partial charge in [-0.05, 0) is 68.7 Å². The number of carbonyl (C=O) groups excluding carboxylic acids is 1. The Balaban J connectivity index is 1.31. The molecular weight excluding hydrogens is 456 g/mol. The fourth-order valence-electron chi connectivity index (χ4n) is 4.56. The van der Waals surface area contributed by atoms with Gasteiger partial charge in [0.2, 0.25) is 0 Å². The van der Waals surface area contributed by atoms with E-state index in [1.807, 2.05) is 37.5 Å². The number of benzene rings is 2. The Morgan fingerprint density at radius 2 is 1.32 bits per heavy atom. The van der Waals surface area contributed by atoms with Gasteiger partial charge in [-0.25, -0.2) is 14.8 Å². The summed E-state index contributed by atoms with van der Waals surface area (Å²) in [5, 5.41) is 0. The zero-order valence-electron chi connectivity index (χ0n) is 22.8. The summed E-state index contributed by atoms with van der Waals surface area (Å²) >= 11 is 0. The number of esters is 1. The standard InChI is InChI=1S/C33H44N2O2/c1-3-4-5-6-7-8-9-11-17-28-21-23-30(24-22-28)32-34-25-29(26-35-32)18-15-14-16-27(2)37-33(36)31-19-12-10-13-20-31/h10,12-13,19-27H,3-9,11,14-18H2,1-2H3. The minimum Gasteiger partial charge on any atom is -0.459 e. The van der Waals surface area contributed by atoms with E-state index in [2.05, 4.69) is 41.2 Å². The van der Waals surface area contributed by atoms with Gasteiger partial charge in [0.15, 0.2) is 5.82 Å². The summed E-state index contributed by atoms with van der Waals surface area (Å²) in [6.45, 7) is 4.23. The van der Waals surface area contributed by atoms with Crippen LogP contribution in [0.3, 0.4) is 0 Å². The van der Waals surface area contributed by atoms with Crippen molar-refractivity contribution in [2.45, 2.75) is 103 Å². The fraction of sp³-hybridized carbons (Fsp3) is 0.485. The third-order valence-electron chi connectivity index (χ3n) is 6.88. The zero-order valence-corrected chi connectivity index (χ0v) is 22.8. The lowest BCUT2D eigenvalue weighted by molar-refractivity contribution is 0.0319. The predicted octanol–water partition coefficient (Wildman–Crippen LogP) is 8.79. The summed E-state index contributed by atoms with van der Waals surface area (Å²) in [5.41, 5.74) is 4.21. The molecule has 4 nitrogen and oxygen atoms in total. The summed E-state index contributed by atoms with van der Waals surface area (Å²) in [7, 11) is 0. The van der Waals surface area contributed by atoms with Crippen molar-refractivity contribution in [3.05, 3.63) is 83.7 Å². The first kappa shape index (κ1) is 28.6. The zero-order chi connectivity index (χ0) is 26.1. The molecule has 0 spiro atoms. The first-order valence-corrected chi connectivity index (χ1v) is 14.3. The fourth-order valence-corrected chi connectivity index (χ4v) is 4.56. The number of aryl methyl sites for hydroxylation is 2. The van der Waals surface area contributed by atoms with Crippen LogP contribution in [-0.2, 0) is 17.6 Å². The summed E-state index contributed by atoms with van der Waals surface area (Å²) in [6, 6.07) is 17.9. The van der Waals surface area contributed by atoms with Crippen molar-refractivity contribution < 1.29 is 9.53 Å². The lowest BCUT2D eigenvalue weighted by atomic mass is 10.0. The molecule has 0 aliphatic carbocycles. The number of carbonyl (C=O) groups is 1. The third kappa shape index (κ3) is 10.9. The summed E-state index contributed by atoms with van der Waals surface area (Å²) in [4.78, 5) is 21.3. The van der Waals surface area contributed by atoms with Gasteiger partial charge in [0.1, 0.15) is 0 Å². The molecule has 1 heterocycles. The van der Waals surface area contributed by atoms with Gasteiger partial charge in [-0.2, -0.15) is 0 Å². The molecule has 0 saturated carbocycles. The summed E-state index contributed by atoms with van der Waals surface area (Å²) < 4.78 is 5.55. The van der Waals surface area contributed by atoms with Crippen LogP contribution in [0.2, 0.25) is 0 Å². The highest BCUT2D eigenvalue weighted by Crippen LogP contribution is 2.18. The van der Waals surface area contributed by atoms with Crippen molar-refractivity contribution in [1.82, 2.24) is 9.97 Å². The monoisotopic (exact) mass is 500 g/mol. The van der Waals surface area contributed by atoms with E-state index >= 15 is 0 Å². The smallest absolute Gasteiger partial charge is 0.338 e. The molecule has 1 unspecified atom stereocenters. The Labute approximate surface area is 223 Å². The summed E-state index contributed by atoms with van der Waals surface area (Å²) in [6.07, 6.45) is 19.6. The van der Waals surface area contributed by atoms with Crippen LogP contribution in [0, 0.1) is 0 Å². The van der Waals surface area contributed by atoms with E-state index in [0.717, 1.165) is 49.1 Å². The van der Waals surface area contributed by atoms with Crippen molar-refractivity contribution in [3.8, 4) is 11.4 Å². The minimum atomic E-state index is -0.252. The van der Waals surface area contributed by atoms with Crippen LogP contribution in [-0.4, -0.2) is 22.0 Å². The molecule has 0 fully saturated rings. The predicted molar refractivity (Wildman–Crippen MR) is 153 cm³/mol. The number of hydrogen-bond acceptors (Lipinski definition) is 4. The Kier molecular flexibility index (Phi) is 12.9. The van der Waals surface area contributed by atoms with Gasteiger partial charge < -0.3 is 4.74 Å². The first-order valence-electron chi connectivity index (χ1n) is 14.3. The third-order valence-corrected chi connectivity index (χ3v) is 6.88. The molecule has 0 amide bonds. The van der Waals surface area contributed by atoms with Gasteiger partial charge >= 0.3 is 5.97 Å². The number of rotatable bonds is 17. The Hall–Kier alpha value is -3.01. The molecule has 3 aromatic rings. The van der Waals surface area contributed by atoms with E-state index in [1.54, 1.807) is 12.1 Å². The SMILES string of the molecule is CCCCCCCCCCc1ccc(-c2ncc(CCCCC(C)OC(=O)c3ccccc3)cn2)cc1. The normalized spacial score (nSPS) is 11.8. The number of unbranched alkanes of at least 4 members (excludes halogenated alkanes) is 8. The quantitative estimate of drug-likeness (QED) is 0.137. The van der Waals surface area contributed by atoms with Crippen molar-refractivity contribution >= 4 is 5.97 Å². The molecule has 0 saturated heterocycles. The molecule has 1 atom stereocenters. The molecule has 0 aliphatic heterocycles. The maximum absolute atomic E-state index is 12.1. The van der Waals surface area contributed by atoms with Gasteiger partial charge in [-0.15, -0.1) is 0 Å². The molecule has 0 N–H and O–H groups in total. The van der Waals surface area contributed by atoms with Crippen LogP contribution in [0.5, 0.6) is 0 Å². The van der Waals surface area contributed by atoms with E-state index < -0.39 is 0 Å². The van der Waals surface area contributed by atoms with E-state index in [-0.39, 0.29) is 12.1 Å². The molecule has 0 aliphatic rings. The van der Waals surface area contributed by atoms with E-state index in [1.165, 1.54) is 56.9 Å². The summed E-state index contributed by atoms with van der Waals surface area (Å²) in [5.74, 6) is 0.530. The van der Waals surface area contributed by atoms with E-state index in [9.17, 15) is 4.79 Å². The molecule has 198 valence electrons. The average molecular weight is 501 g/mol. The highest BCUT2D eigenvalue weighted by atomic mass is 16.5. The van der Waals surface area contributed by atoms with Crippen molar-refractivity contribution in [2.75, 3.05) is 0 Å². The van der Waals surface area contributed by atoms with Crippen LogP contribution in [0.1, 0.15) is 106 Å². The molecule has 1 aromatic heterocycles. The first-order chi connectivity index (χ1) is 18.2. The maximum Gasteiger partial charge on any atom is 0.338 e. The molecule has 2 aromatic carbocycles. The molecule has 0 radical (unpaired) electrons. The van der Waals surface area contributed by atoms with Crippen LogP contribution < -0.4 is 0 Å². The Morgan fingerprint density at radius 1 is 0.730 bits per heavy atom. The van der Waals surface area contributed by atoms with Gasteiger partial charge in [0, 0.05) is 18.0 Å². The second kappa shape index (κ2) is 16.7. The van der Waals surface area contributed by atoms with Gasteiger partial charge in [0.05, 0.1) is 11.7 Å². The largest absolute Gasteiger partial charge is 0.459 e.